The molecular formula is C33H36N2O5. The fourth-order valence-electron chi connectivity index (χ4n) is 4.68. The normalized spacial score (nSPS) is 15.3. The van der Waals surface area contributed by atoms with Gasteiger partial charge in [-0.05, 0) is 68.9 Å². The third-order valence-electron chi connectivity index (χ3n) is 6.62. The SMILES string of the molecule is CCOc1cc(C2C(C(=O)/C=C/c3ccccc3)=C(O)C(=O)N2CCCN(C)C)ccc1OCc1ccccc1. The molecule has 7 heteroatoms. The van der Waals surface area contributed by atoms with Crippen molar-refractivity contribution in [3.63, 3.8) is 0 Å². The smallest absolute Gasteiger partial charge is 0.290 e. The molecule has 0 aliphatic carbocycles. The maximum atomic E-state index is 13.5. The lowest BCUT2D eigenvalue weighted by Crippen LogP contribution is -2.33. The molecule has 3 aromatic carbocycles. The fourth-order valence-corrected chi connectivity index (χ4v) is 4.68. The van der Waals surface area contributed by atoms with Crippen LogP contribution in [-0.4, -0.2) is 60.4 Å². The molecule has 0 bridgehead atoms. The minimum absolute atomic E-state index is 0.0578. The van der Waals surface area contributed by atoms with E-state index < -0.39 is 23.5 Å². The highest BCUT2D eigenvalue weighted by molar-refractivity contribution is 6.14. The highest BCUT2D eigenvalue weighted by Gasteiger charge is 2.42. The predicted octanol–water partition coefficient (Wildman–Crippen LogP) is 5.59. The summed E-state index contributed by atoms with van der Waals surface area (Å²) in [6.07, 6.45) is 3.77. The van der Waals surface area contributed by atoms with Gasteiger partial charge in [0.05, 0.1) is 18.2 Å². The molecule has 1 amide bonds. The summed E-state index contributed by atoms with van der Waals surface area (Å²) in [5, 5.41) is 10.9. The predicted molar refractivity (Wildman–Crippen MR) is 156 cm³/mol. The van der Waals surface area contributed by atoms with Crippen LogP contribution in [0.4, 0.5) is 0 Å². The summed E-state index contributed by atoms with van der Waals surface area (Å²) in [6.45, 7) is 3.79. The van der Waals surface area contributed by atoms with E-state index in [1.807, 2.05) is 92.6 Å². The number of carbonyl (C=O) groups is 2. The van der Waals surface area contributed by atoms with Gasteiger partial charge < -0.3 is 24.4 Å². The van der Waals surface area contributed by atoms with Crippen molar-refractivity contribution in [2.75, 3.05) is 33.8 Å². The number of allylic oxidation sites excluding steroid dienone is 1. The third kappa shape index (κ3) is 6.98. The van der Waals surface area contributed by atoms with E-state index in [-0.39, 0.29) is 5.57 Å². The lowest BCUT2D eigenvalue weighted by molar-refractivity contribution is -0.129. The molecule has 1 N–H and O–H groups in total. The van der Waals surface area contributed by atoms with Gasteiger partial charge in [-0.25, -0.2) is 0 Å². The number of aliphatic hydroxyl groups excluding tert-OH is 1. The van der Waals surface area contributed by atoms with Gasteiger partial charge in [-0.15, -0.1) is 0 Å². The first kappa shape index (κ1) is 28.6. The number of amides is 1. The van der Waals surface area contributed by atoms with Crippen molar-refractivity contribution in [2.45, 2.75) is 26.0 Å². The van der Waals surface area contributed by atoms with Gasteiger partial charge >= 0.3 is 0 Å². The highest BCUT2D eigenvalue weighted by atomic mass is 16.5. The summed E-state index contributed by atoms with van der Waals surface area (Å²) in [7, 11) is 3.93. The minimum atomic E-state index is -0.759. The molecule has 7 nitrogen and oxygen atoms in total. The van der Waals surface area contributed by atoms with Crippen LogP contribution < -0.4 is 9.47 Å². The summed E-state index contributed by atoms with van der Waals surface area (Å²) in [4.78, 5) is 30.3. The lowest BCUT2D eigenvalue weighted by atomic mass is 9.95. The van der Waals surface area contributed by atoms with Gasteiger partial charge in [0.25, 0.3) is 5.91 Å². The monoisotopic (exact) mass is 540 g/mol. The van der Waals surface area contributed by atoms with Gasteiger partial charge in [-0.2, -0.15) is 0 Å². The molecule has 1 atom stereocenters. The Morgan fingerprint density at radius 3 is 2.35 bits per heavy atom. The zero-order valence-corrected chi connectivity index (χ0v) is 23.2. The van der Waals surface area contributed by atoms with Crippen LogP contribution >= 0.6 is 0 Å². The molecule has 208 valence electrons. The van der Waals surface area contributed by atoms with Crippen LogP contribution in [-0.2, 0) is 16.2 Å². The molecule has 0 radical (unpaired) electrons. The zero-order valence-electron chi connectivity index (χ0n) is 23.2. The van der Waals surface area contributed by atoms with Gasteiger partial charge in [0.1, 0.15) is 6.61 Å². The second-order valence-electron chi connectivity index (χ2n) is 9.84. The van der Waals surface area contributed by atoms with Crippen LogP contribution in [0, 0.1) is 0 Å². The number of hydrogen-bond donors (Lipinski definition) is 1. The fraction of sp³-hybridized carbons (Fsp3) is 0.273. The second-order valence-corrected chi connectivity index (χ2v) is 9.84. The molecular weight excluding hydrogens is 504 g/mol. The number of benzene rings is 3. The van der Waals surface area contributed by atoms with Crippen LogP contribution in [0.3, 0.4) is 0 Å². The summed E-state index contributed by atoms with van der Waals surface area (Å²) in [5.41, 5.74) is 2.59. The second kappa shape index (κ2) is 13.6. The molecule has 1 heterocycles. The van der Waals surface area contributed by atoms with E-state index in [1.165, 1.54) is 6.08 Å². The maximum Gasteiger partial charge on any atom is 0.290 e. The van der Waals surface area contributed by atoms with Crippen molar-refractivity contribution >= 4 is 17.8 Å². The number of rotatable bonds is 13. The van der Waals surface area contributed by atoms with Crippen LogP contribution in [0.5, 0.6) is 11.5 Å². The first-order valence-electron chi connectivity index (χ1n) is 13.5. The van der Waals surface area contributed by atoms with E-state index in [9.17, 15) is 14.7 Å². The quantitative estimate of drug-likeness (QED) is 0.285. The summed E-state index contributed by atoms with van der Waals surface area (Å²) >= 11 is 0. The van der Waals surface area contributed by atoms with Crippen molar-refractivity contribution < 1.29 is 24.2 Å². The molecule has 1 aliphatic rings. The van der Waals surface area contributed by atoms with Gasteiger partial charge in [0.15, 0.2) is 23.0 Å². The van der Waals surface area contributed by atoms with E-state index in [2.05, 4.69) is 0 Å². The van der Waals surface area contributed by atoms with Crippen LogP contribution in [0.15, 0.2) is 96.3 Å². The van der Waals surface area contributed by atoms with E-state index in [1.54, 1.807) is 23.1 Å². The summed E-state index contributed by atoms with van der Waals surface area (Å²) < 4.78 is 12.0. The van der Waals surface area contributed by atoms with Crippen LogP contribution in [0.25, 0.3) is 6.08 Å². The molecule has 0 spiro atoms. The zero-order chi connectivity index (χ0) is 28.5. The Bertz CT molecular complexity index is 1370. The largest absolute Gasteiger partial charge is 0.503 e. The number of ether oxygens (including phenoxy) is 2. The van der Waals surface area contributed by atoms with Crippen LogP contribution in [0.1, 0.15) is 36.1 Å². The molecule has 3 aromatic rings. The van der Waals surface area contributed by atoms with Crippen molar-refractivity contribution in [3.05, 3.63) is 113 Å². The number of carbonyl (C=O) groups excluding carboxylic acids is 2. The van der Waals surface area contributed by atoms with Crippen molar-refractivity contribution in [1.29, 1.82) is 0 Å². The van der Waals surface area contributed by atoms with E-state index in [0.29, 0.717) is 43.2 Å². The van der Waals surface area contributed by atoms with Gasteiger partial charge in [-0.1, -0.05) is 72.8 Å². The number of nitrogens with zero attached hydrogens (tertiary/aromatic N) is 2. The Kier molecular flexibility index (Phi) is 9.76. The number of aliphatic hydroxyl groups is 1. The Hall–Kier alpha value is -4.36. The number of ketones is 1. The molecule has 0 fully saturated rings. The molecule has 0 saturated carbocycles. The number of hydrogen-bond acceptors (Lipinski definition) is 6. The average Bonchev–Trinajstić information content (AvgIpc) is 3.21. The molecule has 4 rings (SSSR count). The molecule has 0 saturated heterocycles. The molecule has 40 heavy (non-hydrogen) atoms. The van der Waals surface area contributed by atoms with E-state index in [0.717, 1.165) is 17.7 Å². The Labute approximate surface area is 235 Å². The van der Waals surface area contributed by atoms with Crippen LogP contribution in [0.2, 0.25) is 0 Å². The Morgan fingerprint density at radius 1 is 0.975 bits per heavy atom. The standard InChI is InChI=1S/C33H36N2O5/c1-4-39-29-22-26(17-19-28(29)40-23-25-14-9-6-10-15-25)31-30(27(36)18-16-24-12-7-5-8-13-24)32(37)33(38)35(31)21-11-20-34(2)3/h5-10,12-19,22,31,37H,4,11,20-21,23H2,1-3H3/b18-16+. The summed E-state index contributed by atoms with van der Waals surface area (Å²) in [5.74, 6) is -0.419. The van der Waals surface area contributed by atoms with E-state index in [4.69, 9.17) is 9.47 Å². The Balaban J connectivity index is 1.67. The van der Waals surface area contributed by atoms with Crippen molar-refractivity contribution in [2.24, 2.45) is 0 Å². The van der Waals surface area contributed by atoms with E-state index >= 15 is 0 Å². The van der Waals surface area contributed by atoms with Crippen molar-refractivity contribution in [3.8, 4) is 11.5 Å². The highest BCUT2D eigenvalue weighted by Crippen LogP contribution is 2.41. The molecule has 1 aliphatic heterocycles. The Morgan fingerprint density at radius 2 is 1.68 bits per heavy atom. The van der Waals surface area contributed by atoms with Gasteiger partial charge in [0.2, 0.25) is 0 Å². The van der Waals surface area contributed by atoms with Gasteiger partial charge in [-0.3, -0.25) is 9.59 Å². The van der Waals surface area contributed by atoms with Crippen molar-refractivity contribution in [1.82, 2.24) is 9.80 Å². The molecule has 1 unspecified atom stereocenters. The maximum absolute atomic E-state index is 13.5. The van der Waals surface area contributed by atoms with Gasteiger partial charge in [0, 0.05) is 6.54 Å². The lowest BCUT2D eigenvalue weighted by Gasteiger charge is -2.28. The molecule has 0 aromatic heterocycles. The average molecular weight is 541 g/mol. The first-order valence-corrected chi connectivity index (χ1v) is 13.5. The topological polar surface area (TPSA) is 79.3 Å². The third-order valence-corrected chi connectivity index (χ3v) is 6.62. The first-order chi connectivity index (χ1) is 19.4. The minimum Gasteiger partial charge on any atom is -0.503 e. The summed E-state index contributed by atoms with van der Waals surface area (Å²) in [6, 6.07) is 23.9.